The molecule has 2 rings (SSSR count). The van der Waals surface area contributed by atoms with E-state index in [1.165, 1.54) is 0 Å². The Balaban J connectivity index is 0.00000392. The number of rotatable bonds is 9. The average molecular weight is 501 g/mol. The fourth-order valence-corrected chi connectivity index (χ4v) is 2.64. The molecule has 2 aromatic rings. The first-order valence-corrected chi connectivity index (χ1v) is 9.42. The van der Waals surface area contributed by atoms with Crippen molar-refractivity contribution in [1.29, 1.82) is 0 Å². The van der Waals surface area contributed by atoms with Gasteiger partial charge in [0, 0.05) is 13.2 Å². The number of ether oxygens (including phenoxy) is 1. The zero-order chi connectivity index (χ0) is 19.7. The monoisotopic (exact) mass is 501 g/mol. The van der Waals surface area contributed by atoms with E-state index >= 15 is 0 Å². The Morgan fingerprint density at radius 1 is 1.14 bits per heavy atom. The molecule has 0 aliphatic carbocycles. The fourth-order valence-electron chi connectivity index (χ4n) is 2.64. The van der Waals surface area contributed by atoms with Crippen LogP contribution in [0.1, 0.15) is 43.4 Å². The molecule has 3 N–H and O–H groups in total. The lowest BCUT2D eigenvalue weighted by atomic mass is 10.0. The fraction of sp³-hybridized carbons (Fsp3) is 0.476. The summed E-state index contributed by atoms with van der Waals surface area (Å²) in [6, 6.07) is 11.8. The molecule has 0 fully saturated rings. The first-order chi connectivity index (χ1) is 13.0. The SMILES string of the molecule is CCNC(=NCc1ccccc1COCC)NCC(C)(O)c1ccc(C)o1.I. The summed E-state index contributed by atoms with van der Waals surface area (Å²) in [7, 11) is 0. The van der Waals surface area contributed by atoms with Gasteiger partial charge in [-0.15, -0.1) is 24.0 Å². The normalized spacial score (nSPS) is 13.5. The lowest BCUT2D eigenvalue weighted by Gasteiger charge is -2.23. The number of guanidine groups is 1. The van der Waals surface area contributed by atoms with E-state index in [1.807, 2.05) is 39.0 Å². The number of hydrogen-bond acceptors (Lipinski definition) is 4. The number of furan rings is 1. The summed E-state index contributed by atoms with van der Waals surface area (Å²) in [4.78, 5) is 4.65. The van der Waals surface area contributed by atoms with Crippen LogP contribution in [0.5, 0.6) is 0 Å². The molecule has 1 aromatic heterocycles. The molecule has 0 aliphatic rings. The molecule has 0 bridgehead atoms. The Morgan fingerprint density at radius 2 is 1.86 bits per heavy atom. The van der Waals surface area contributed by atoms with Crippen molar-refractivity contribution >= 4 is 29.9 Å². The summed E-state index contributed by atoms with van der Waals surface area (Å²) in [5.74, 6) is 1.95. The van der Waals surface area contributed by atoms with Gasteiger partial charge in [-0.25, -0.2) is 4.99 Å². The minimum Gasteiger partial charge on any atom is -0.463 e. The van der Waals surface area contributed by atoms with Crippen molar-refractivity contribution in [2.24, 2.45) is 4.99 Å². The molecule has 1 atom stereocenters. The van der Waals surface area contributed by atoms with Gasteiger partial charge in [0.05, 0.1) is 19.7 Å². The van der Waals surface area contributed by atoms with Gasteiger partial charge < -0.3 is 24.9 Å². The van der Waals surface area contributed by atoms with E-state index in [4.69, 9.17) is 9.15 Å². The minimum absolute atomic E-state index is 0. The molecule has 0 saturated heterocycles. The molecule has 6 nitrogen and oxygen atoms in total. The molecule has 1 heterocycles. The van der Waals surface area contributed by atoms with Crippen LogP contribution in [0.25, 0.3) is 0 Å². The zero-order valence-corrected chi connectivity index (χ0v) is 19.4. The highest BCUT2D eigenvalue weighted by Gasteiger charge is 2.27. The Morgan fingerprint density at radius 3 is 2.46 bits per heavy atom. The summed E-state index contributed by atoms with van der Waals surface area (Å²) < 4.78 is 11.1. The van der Waals surface area contributed by atoms with Gasteiger partial charge in [-0.3, -0.25) is 0 Å². The predicted molar refractivity (Wildman–Crippen MR) is 123 cm³/mol. The first-order valence-electron chi connectivity index (χ1n) is 9.42. The number of benzene rings is 1. The summed E-state index contributed by atoms with van der Waals surface area (Å²) in [6.45, 7) is 10.4. The van der Waals surface area contributed by atoms with Crippen molar-refractivity contribution in [1.82, 2.24) is 10.6 Å². The summed E-state index contributed by atoms with van der Waals surface area (Å²) in [5.41, 5.74) is 1.13. The molecule has 0 spiro atoms. The van der Waals surface area contributed by atoms with Crippen LogP contribution in [-0.2, 0) is 23.5 Å². The molecule has 156 valence electrons. The maximum absolute atomic E-state index is 10.7. The van der Waals surface area contributed by atoms with Gasteiger partial charge in [0.1, 0.15) is 17.1 Å². The number of hydrogen-bond donors (Lipinski definition) is 3. The van der Waals surface area contributed by atoms with Crippen LogP contribution in [0, 0.1) is 6.92 Å². The van der Waals surface area contributed by atoms with E-state index in [1.54, 1.807) is 13.0 Å². The highest BCUT2D eigenvalue weighted by atomic mass is 127. The summed E-state index contributed by atoms with van der Waals surface area (Å²) in [5, 5.41) is 17.1. The van der Waals surface area contributed by atoms with E-state index in [9.17, 15) is 5.11 Å². The quantitative estimate of drug-likeness (QED) is 0.278. The third-order valence-corrected chi connectivity index (χ3v) is 4.20. The molecular formula is C21H32IN3O3. The molecule has 1 aromatic carbocycles. The van der Waals surface area contributed by atoms with Gasteiger partial charge in [-0.2, -0.15) is 0 Å². The van der Waals surface area contributed by atoms with Crippen LogP contribution in [-0.4, -0.2) is 30.8 Å². The van der Waals surface area contributed by atoms with Crippen LogP contribution in [0.15, 0.2) is 45.8 Å². The highest BCUT2D eigenvalue weighted by molar-refractivity contribution is 14.0. The molecular weight excluding hydrogens is 469 g/mol. The second kappa shape index (κ2) is 12.1. The minimum atomic E-state index is -1.13. The molecule has 1 unspecified atom stereocenters. The van der Waals surface area contributed by atoms with Crippen molar-refractivity contribution in [3.05, 3.63) is 59.0 Å². The number of aliphatic imine (C=N–C) groups is 1. The number of aryl methyl sites for hydroxylation is 1. The lowest BCUT2D eigenvalue weighted by Crippen LogP contribution is -2.44. The maximum Gasteiger partial charge on any atom is 0.191 e. The predicted octanol–water partition coefficient (Wildman–Crippen LogP) is 3.71. The Hall–Kier alpha value is -1.58. The van der Waals surface area contributed by atoms with Crippen LogP contribution in [0.3, 0.4) is 0 Å². The van der Waals surface area contributed by atoms with E-state index in [-0.39, 0.29) is 30.5 Å². The lowest BCUT2D eigenvalue weighted by molar-refractivity contribution is 0.0378. The van der Waals surface area contributed by atoms with Gasteiger partial charge in [-0.1, -0.05) is 24.3 Å². The standard InChI is InChI=1S/C21H31N3O3.HI/c1-5-22-20(24-15-21(4,25)19-12-11-16(3)27-19)23-13-17-9-7-8-10-18(17)14-26-6-2;/h7-12,25H,5-6,13-15H2,1-4H3,(H2,22,23,24);1H. The topological polar surface area (TPSA) is 79.0 Å². The van der Waals surface area contributed by atoms with E-state index < -0.39 is 5.60 Å². The van der Waals surface area contributed by atoms with Crippen molar-refractivity contribution in [3.8, 4) is 0 Å². The van der Waals surface area contributed by atoms with E-state index in [0.29, 0.717) is 31.5 Å². The highest BCUT2D eigenvalue weighted by Crippen LogP contribution is 2.21. The third kappa shape index (κ3) is 7.44. The Labute approximate surface area is 184 Å². The number of aliphatic hydroxyl groups is 1. The Kier molecular flexibility index (Phi) is 10.6. The van der Waals surface area contributed by atoms with Gasteiger partial charge in [-0.05, 0) is 51.0 Å². The molecule has 0 amide bonds. The van der Waals surface area contributed by atoms with Crippen molar-refractivity contribution in [3.63, 3.8) is 0 Å². The molecule has 28 heavy (non-hydrogen) atoms. The second-order valence-electron chi connectivity index (χ2n) is 6.64. The van der Waals surface area contributed by atoms with Crippen LogP contribution < -0.4 is 10.6 Å². The van der Waals surface area contributed by atoms with Gasteiger partial charge in [0.25, 0.3) is 0 Å². The van der Waals surface area contributed by atoms with Crippen molar-refractivity contribution < 1.29 is 14.3 Å². The second-order valence-corrected chi connectivity index (χ2v) is 6.64. The average Bonchev–Trinajstić information content (AvgIpc) is 3.10. The van der Waals surface area contributed by atoms with Crippen LogP contribution in [0.2, 0.25) is 0 Å². The molecule has 0 aliphatic heterocycles. The molecule has 0 saturated carbocycles. The van der Waals surface area contributed by atoms with Crippen LogP contribution >= 0.6 is 24.0 Å². The van der Waals surface area contributed by atoms with Gasteiger partial charge in [0.2, 0.25) is 0 Å². The van der Waals surface area contributed by atoms with Crippen molar-refractivity contribution in [2.45, 2.75) is 46.4 Å². The summed E-state index contributed by atoms with van der Waals surface area (Å²) in [6.07, 6.45) is 0. The molecule has 0 radical (unpaired) electrons. The van der Waals surface area contributed by atoms with E-state index in [0.717, 1.165) is 23.4 Å². The number of nitrogens with one attached hydrogen (secondary N) is 2. The largest absolute Gasteiger partial charge is 0.463 e. The zero-order valence-electron chi connectivity index (χ0n) is 17.1. The first kappa shape index (κ1) is 24.5. The maximum atomic E-state index is 10.7. The number of halogens is 1. The van der Waals surface area contributed by atoms with Crippen molar-refractivity contribution in [2.75, 3.05) is 19.7 Å². The number of nitrogens with zero attached hydrogens (tertiary/aromatic N) is 1. The van der Waals surface area contributed by atoms with Gasteiger partial charge >= 0.3 is 0 Å². The smallest absolute Gasteiger partial charge is 0.191 e. The van der Waals surface area contributed by atoms with Gasteiger partial charge in [0.15, 0.2) is 5.96 Å². The Bertz CT molecular complexity index is 744. The third-order valence-electron chi connectivity index (χ3n) is 4.20. The van der Waals surface area contributed by atoms with Crippen LogP contribution in [0.4, 0.5) is 0 Å². The summed E-state index contributed by atoms with van der Waals surface area (Å²) >= 11 is 0. The van der Waals surface area contributed by atoms with E-state index in [2.05, 4.69) is 27.8 Å². The molecule has 7 heteroatoms.